The van der Waals surface area contributed by atoms with E-state index >= 15 is 0 Å². The lowest BCUT2D eigenvalue weighted by Gasteiger charge is -2.19. The Balaban J connectivity index is 0.00000306. The van der Waals surface area contributed by atoms with E-state index in [1.165, 1.54) is 18.1 Å². The Hall–Kier alpha value is -2.44. The van der Waals surface area contributed by atoms with Crippen LogP contribution in [0, 0.1) is 23.7 Å². The number of carbonyl (C=O) groups excluding carboxylic acids is 2. The number of carbonyl (C=O) groups is 2. The van der Waals surface area contributed by atoms with Gasteiger partial charge >= 0.3 is 6.61 Å². The van der Waals surface area contributed by atoms with Crippen LogP contribution in [0.3, 0.4) is 0 Å². The van der Waals surface area contributed by atoms with Crippen LogP contribution in [-0.2, 0) is 16.1 Å². The Morgan fingerprint density at radius 3 is 2.39 bits per heavy atom. The highest BCUT2D eigenvalue weighted by Crippen LogP contribution is 2.52. The van der Waals surface area contributed by atoms with Gasteiger partial charge in [0.2, 0.25) is 11.8 Å². The van der Waals surface area contributed by atoms with Crippen molar-refractivity contribution in [3.05, 3.63) is 35.9 Å². The van der Waals surface area contributed by atoms with Crippen LogP contribution >= 0.6 is 24.0 Å². The van der Waals surface area contributed by atoms with Gasteiger partial charge in [-0.05, 0) is 36.0 Å². The number of halogens is 3. The molecule has 4 unspecified atom stereocenters. The summed E-state index contributed by atoms with van der Waals surface area (Å²) in [5.74, 6) is 0.449. The highest BCUT2D eigenvalue weighted by atomic mass is 127. The van der Waals surface area contributed by atoms with Crippen LogP contribution in [0.2, 0.25) is 0 Å². The lowest BCUT2D eigenvalue weighted by Crippen LogP contribution is -2.43. The summed E-state index contributed by atoms with van der Waals surface area (Å²) in [6.07, 6.45) is 5.05. The molecule has 4 rings (SSSR count). The van der Waals surface area contributed by atoms with Crippen molar-refractivity contribution in [2.75, 3.05) is 27.2 Å². The molecule has 1 saturated heterocycles. The van der Waals surface area contributed by atoms with Crippen LogP contribution in [-0.4, -0.2) is 56.5 Å². The summed E-state index contributed by atoms with van der Waals surface area (Å²) >= 11 is 0. The van der Waals surface area contributed by atoms with E-state index in [4.69, 9.17) is 4.74 Å². The smallest absolute Gasteiger partial charge is 0.387 e. The summed E-state index contributed by atoms with van der Waals surface area (Å²) in [4.78, 5) is 30.9. The number of rotatable bonds is 8. The van der Waals surface area contributed by atoms with E-state index < -0.39 is 6.61 Å². The molecule has 0 radical (unpaired) electrons. The van der Waals surface area contributed by atoms with Crippen LogP contribution in [0.25, 0.3) is 0 Å². The molecular weight excluding hydrogens is 549 g/mol. The van der Waals surface area contributed by atoms with Crippen LogP contribution in [0.15, 0.2) is 35.3 Å². The average Bonchev–Trinajstić information content (AvgIpc) is 3.45. The number of likely N-dealkylation sites (tertiary alicyclic amines) is 1. The third kappa shape index (κ3) is 5.07. The minimum Gasteiger partial charge on any atom is -0.493 e. The molecule has 1 aromatic rings. The van der Waals surface area contributed by atoms with Gasteiger partial charge < -0.3 is 20.1 Å². The van der Waals surface area contributed by atoms with Crippen molar-refractivity contribution in [2.24, 2.45) is 28.7 Å². The number of alkyl halides is 2. The Morgan fingerprint density at radius 2 is 1.82 bits per heavy atom. The first-order chi connectivity index (χ1) is 15.4. The third-order valence-electron chi connectivity index (χ3n) is 6.32. The number of aliphatic imine (C=N–C) groups is 1. The van der Waals surface area contributed by atoms with E-state index in [1.54, 1.807) is 19.2 Å². The monoisotopic (exact) mass is 576 g/mol. The zero-order valence-corrected chi connectivity index (χ0v) is 20.6. The van der Waals surface area contributed by atoms with E-state index in [0.717, 1.165) is 6.42 Å². The number of nitrogens with zero attached hydrogens (tertiary/aromatic N) is 2. The minimum atomic E-state index is -2.96. The van der Waals surface area contributed by atoms with Crippen LogP contribution in [0.5, 0.6) is 11.5 Å². The van der Waals surface area contributed by atoms with Gasteiger partial charge in [-0.15, -0.1) is 24.0 Å². The molecule has 1 aliphatic heterocycles. The topological polar surface area (TPSA) is 92.3 Å². The number of amides is 2. The lowest BCUT2D eigenvalue weighted by molar-refractivity contribution is -0.140. The molecule has 0 aromatic heterocycles. The Bertz CT molecular complexity index is 928. The summed E-state index contributed by atoms with van der Waals surface area (Å²) in [7, 11) is 2.97. The maximum Gasteiger partial charge on any atom is 0.387 e. The molecule has 2 aliphatic carbocycles. The Morgan fingerprint density at radius 1 is 1.15 bits per heavy atom. The predicted molar refractivity (Wildman–Crippen MR) is 128 cm³/mol. The zero-order chi connectivity index (χ0) is 22.8. The molecule has 1 heterocycles. The van der Waals surface area contributed by atoms with Crippen molar-refractivity contribution in [3.8, 4) is 11.5 Å². The molecule has 180 valence electrons. The largest absolute Gasteiger partial charge is 0.493 e. The SMILES string of the molecule is CN=C(NCCN1C(=O)C2C3C=CC(C3)C2C1=O)NCc1ccc(OC)c(OC(F)F)c1.I. The molecule has 1 aromatic carbocycles. The summed E-state index contributed by atoms with van der Waals surface area (Å²) in [6, 6.07) is 4.74. The number of benzene rings is 1. The number of guanidine groups is 1. The number of nitrogens with one attached hydrogen (secondary N) is 2. The highest BCUT2D eigenvalue weighted by Gasteiger charge is 2.58. The number of imide groups is 1. The normalized spacial score (nSPS) is 25.4. The fourth-order valence-corrected chi connectivity index (χ4v) is 4.90. The van der Waals surface area contributed by atoms with Crippen LogP contribution < -0.4 is 20.1 Å². The first kappa shape index (κ1) is 25.2. The van der Waals surface area contributed by atoms with Crippen molar-refractivity contribution >= 4 is 41.8 Å². The summed E-state index contributed by atoms with van der Waals surface area (Å²) < 4.78 is 34.7. The quantitative estimate of drug-likeness (QED) is 0.163. The maximum atomic E-state index is 12.7. The average molecular weight is 576 g/mol. The molecular formula is C22H27F2IN4O4. The third-order valence-corrected chi connectivity index (χ3v) is 6.32. The van der Waals surface area contributed by atoms with Crippen molar-refractivity contribution in [1.29, 1.82) is 0 Å². The van der Waals surface area contributed by atoms with Gasteiger partial charge in [0.1, 0.15) is 0 Å². The molecule has 4 atom stereocenters. The van der Waals surface area contributed by atoms with Gasteiger partial charge in [0, 0.05) is 26.7 Å². The van der Waals surface area contributed by atoms with Gasteiger partial charge in [-0.3, -0.25) is 19.5 Å². The van der Waals surface area contributed by atoms with Crippen molar-refractivity contribution in [2.45, 2.75) is 19.6 Å². The number of hydrogen-bond donors (Lipinski definition) is 2. The molecule has 33 heavy (non-hydrogen) atoms. The molecule has 3 aliphatic rings. The highest BCUT2D eigenvalue weighted by molar-refractivity contribution is 14.0. The first-order valence-electron chi connectivity index (χ1n) is 10.5. The van der Waals surface area contributed by atoms with Gasteiger partial charge in [0.15, 0.2) is 17.5 Å². The molecule has 2 N–H and O–H groups in total. The second-order valence-corrected chi connectivity index (χ2v) is 8.04. The van der Waals surface area contributed by atoms with Gasteiger partial charge in [-0.1, -0.05) is 18.2 Å². The molecule has 2 amide bonds. The zero-order valence-electron chi connectivity index (χ0n) is 18.3. The van der Waals surface area contributed by atoms with Crippen LogP contribution in [0.1, 0.15) is 12.0 Å². The summed E-state index contributed by atoms with van der Waals surface area (Å²) in [5, 5.41) is 6.15. The van der Waals surface area contributed by atoms with Crippen molar-refractivity contribution < 1.29 is 27.8 Å². The number of ether oxygens (including phenoxy) is 2. The molecule has 8 nitrogen and oxygen atoms in total. The number of allylic oxidation sites excluding steroid dienone is 2. The summed E-state index contributed by atoms with van der Waals surface area (Å²) in [6.45, 7) is -2.05. The standard InChI is InChI=1S/C22H26F2N4O4.HI/c1-25-22(27-11-12-3-6-15(31-2)16(9-12)32-21(23)24)26-7-8-28-19(29)17-13-4-5-14(10-13)18(17)20(28)30;/h3-6,9,13-14,17-18,21H,7-8,10-11H2,1-2H3,(H2,25,26,27);1H. The van der Waals surface area contributed by atoms with Crippen LogP contribution in [0.4, 0.5) is 8.78 Å². The van der Waals surface area contributed by atoms with E-state index in [2.05, 4.69) is 32.5 Å². The second kappa shape index (κ2) is 10.7. The van der Waals surface area contributed by atoms with Gasteiger partial charge in [-0.25, -0.2) is 0 Å². The van der Waals surface area contributed by atoms with Crippen molar-refractivity contribution in [3.63, 3.8) is 0 Å². The fraction of sp³-hybridized carbons (Fsp3) is 0.500. The summed E-state index contributed by atoms with van der Waals surface area (Å²) in [5.41, 5.74) is 0.685. The van der Waals surface area contributed by atoms with E-state index in [1.807, 2.05) is 0 Å². The number of hydrogen-bond acceptors (Lipinski definition) is 5. The molecule has 1 saturated carbocycles. The number of fused-ring (bicyclic) bond motifs is 5. The molecule has 0 spiro atoms. The fourth-order valence-electron chi connectivity index (χ4n) is 4.90. The van der Waals surface area contributed by atoms with Gasteiger partial charge in [0.25, 0.3) is 0 Å². The lowest BCUT2D eigenvalue weighted by atomic mass is 9.85. The molecule has 11 heteroatoms. The van der Waals surface area contributed by atoms with E-state index in [0.29, 0.717) is 24.6 Å². The first-order valence-corrected chi connectivity index (χ1v) is 10.5. The van der Waals surface area contributed by atoms with E-state index in [9.17, 15) is 18.4 Å². The minimum absolute atomic E-state index is 0. The second-order valence-electron chi connectivity index (χ2n) is 8.04. The molecule has 2 fully saturated rings. The van der Waals surface area contributed by atoms with Crippen molar-refractivity contribution in [1.82, 2.24) is 15.5 Å². The number of methoxy groups -OCH3 is 1. The Kier molecular flexibility index (Phi) is 8.14. The van der Waals surface area contributed by atoms with Gasteiger partial charge in [0.05, 0.1) is 18.9 Å². The van der Waals surface area contributed by atoms with Gasteiger partial charge in [-0.2, -0.15) is 8.78 Å². The van der Waals surface area contributed by atoms with E-state index in [-0.39, 0.29) is 77.5 Å². The predicted octanol–water partition coefficient (Wildman–Crippen LogP) is 2.39. The maximum absolute atomic E-state index is 12.7. The molecule has 2 bridgehead atoms. The Labute approximate surface area is 207 Å².